The maximum atomic E-state index is 13.2. The monoisotopic (exact) mass is 553 g/mol. The normalized spacial score (nSPS) is 24.4. The van der Waals surface area contributed by atoms with Crippen molar-refractivity contribution < 1.29 is 38.4 Å². The number of aromatic nitrogens is 2. The van der Waals surface area contributed by atoms with Crippen LogP contribution in [0, 0.1) is 6.92 Å². The van der Waals surface area contributed by atoms with Crippen molar-refractivity contribution in [3.05, 3.63) is 63.0 Å². The van der Waals surface area contributed by atoms with Gasteiger partial charge in [0.25, 0.3) is 8.18 Å². The van der Waals surface area contributed by atoms with Crippen molar-refractivity contribution in [2.75, 3.05) is 18.9 Å². The standard InChI is InChI=1S/C21H28N7O9P/c1-4-34-19(31)13(3)28(37-14-7-5-12(2)6-8-14)38(33)35-11-21(25-26-23)17(30)16(29)18(36-21)27-10-9-15(22)24-20(27)32/h5-10,13,16-18,29-30,38H,4,11H2,1-3H3,(H2,22,24,32)/t13?,16-,17+,18-,21-/m1/s1. The van der Waals surface area contributed by atoms with Gasteiger partial charge in [-0.3, -0.25) is 13.9 Å². The highest BCUT2D eigenvalue weighted by molar-refractivity contribution is 7.36. The summed E-state index contributed by atoms with van der Waals surface area (Å²) < 4.78 is 30.1. The van der Waals surface area contributed by atoms with Crippen molar-refractivity contribution in [3.63, 3.8) is 0 Å². The Morgan fingerprint density at radius 1 is 1.39 bits per heavy atom. The van der Waals surface area contributed by atoms with Gasteiger partial charge in [0.15, 0.2) is 6.23 Å². The third-order valence-electron chi connectivity index (χ3n) is 5.53. The Hall–Kier alpha value is -3.49. The molecule has 0 aliphatic carbocycles. The van der Waals surface area contributed by atoms with E-state index in [1.807, 2.05) is 6.92 Å². The Morgan fingerprint density at radius 2 is 2.08 bits per heavy atom. The number of rotatable bonds is 11. The number of hydrogen-bond donors (Lipinski definition) is 3. The minimum Gasteiger partial charge on any atom is -0.465 e. The smallest absolute Gasteiger partial charge is 0.351 e. The fourth-order valence-electron chi connectivity index (χ4n) is 3.49. The van der Waals surface area contributed by atoms with Gasteiger partial charge in [0.1, 0.15) is 29.8 Å². The number of benzene rings is 1. The van der Waals surface area contributed by atoms with E-state index in [2.05, 4.69) is 15.0 Å². The number of hydrogen-bond acceptors (Lipinski definition) is 12. The van der Waals surface area contributed by atoms with Gasteiger partial charge in [-0.05, 0) is 44.5 Å². The Morgan fingerprint density at radius 3 is 2.68 bits per heavy atom. The summed E-state index contributed by atoms with van der Waals surface area (Å²) in [5.41, 5.74) is 12.3. The molecular formula is C21H28N7O9P. The molecule has 1 fully saturated rings. The van der Waals surface area contributed by atoms with Crippen molar-refractivity contribution in [1.82, 2.24) is 14.4 Å². The van der Waals surface area contributed by atoms with E-state index in [0.717, 1.165) is 15.0 Å². The molecule has 1 aromatic carbocycles. The van der Waals surface area contributed by atoms with Gasteiger partial charge in [0.05, 0.1) is 13.2 Å². The van der Waals surface area contributed by atoms with Crippen LogP contribution in [0.4, 0.5) is 5.82 Å². The molecule has 17 heteroatoms. The molecule has 1 aliphatic rings. The van der Waals surface area contributed by atoms with Gasteiger partial charge in [0.2, 0.25) is 5.72 Å². The zero-order valence-corrected chi connectivity index (χ0v) is 21.7. The largest absolute Gasteiger partial charge is 0.465 e. The highest BCUT2D eigenvalue weighted by Crippen LogP contribution is 2.41. The van der Waals surface area contributed by atoms with Crippen LogP contribution in [0.1, 0.15) is 25.6 Å². The minimum atomic E-state index is -3.47. The number of nitrogens with zero attached hydrogens (tertiary/aromatic N) is 6. The van der Waals surface area contributed by atoms with E-state index in [1.165, 1.54) is 19.2 Å². The number of aryl methyl sites for hydroxylation is 1. The summed E-state index contributed by atoms with van der Waals surface area (Å²) in [5, 5.41) is 24.7. The second kappa shape index (κ2) is 12.4. The van der Waals surface area contributed by atoms with E-state index >= 15 is 0 Å². The molecule has 0 amide bonds. The Labute approximate surface area is 217 Å². The van der Waals surface area contributed by atoms with Crippen molar-refractivity contribution in [1.29, 1.82) is 0 Å². The average molecular weight is 553 g/mol. The Kier molecular flexibility index (Phi) is 9.46. The second-order valence-electron chi connectivity index (χ2n) is 8.23. The summed E-state index contributed by atoms with van der Waals surface area (Å²) in [6, 6.07) is 6.68. The number of aliphatic hydroxyl groups is 2. The number of carbonyl (C=O) groups is 1. The van der Waals surface area contributed by atoms with Crippen LogP contribution in [0.3, 0.4) is 0 Å². The zero-order chi connectivity index (χ0) is 28.0. The van der Waals surface area contributed by atoms with E-state index in [4.69, 9.17) is 30.1 Å². The molecule has 1 aromatic heterocycles. The van der Waals surface area contributed by atoms with E-state index < -0.39 is 56.6 Å². The summed E-state index contributed by atoms with van der Waals surface area (Å²) in [4.78, 5) is 37.2. The number of ether oxygens (including phenoxy) is 2. The average Bonchev–Trinajstić information content (AvgIpc) is 3.12. The SMILES string of the molecule is CCOC(=O)C(C)N(Oc1ccc(C)cc1)[PH](=O)OC[C@@]1(N=[N+]=[N-])O[C@@H](n2ccc(N)nc2=O)[C@H](O)[C@@H]1O. The molecule has 0 bridgehead atoms. The number of hydroxylamine groups is 1. The Bertz CT molecular complexity index is 1270. The van der Waals surface area contributed by atoms with Crippen LogP contribution < -0.4 is 16.3 Å². The van der Waals surface area contributed by atoms with Crippen LogP contribution in [0.15, 0.2) is 46.4 Å². The molecule has 0 radical (unpaired) electrons. The van der Waals surface area contributed by atoms with E-state index in [1.54, 1.807) is 31.2 Å². The van der Waals surface area contributed by atoms with Crippen molar-refractivity contribution >= 4 is 20.0 Å². The predicted octanol–water partition coefficient (Wildman–Crippen LogP) is 1.05. The number of aliphatic hydroxyl groups excluding tert-OH is 2. The third kappa shape index (κ3) is 6.31. The molecule has 1 saturated heterocycles. The molecule has 4 N–H and O–H groups in total. The molecule has 0 spiro atoms. The van der Waals surface area contributed by atoms with Gasteiger partial charge in [-0.15, -0.1) is 0 Å². The number of carbonyl (C=O) groups excluding carboxylic acids is 1. The van der Waals surface area contributed by atoms with Gasteiger partial charge in [-0.25, -0.2) is 4.79 Å². The first-order valence-corrected chi connectivity index (χ1v) is 12.6. The van der Waals surface area contributed by atoms with E-state index in [0.29, 0.717) is 0 Å². The van der Waals surface area contributed by atoms with Gasteiger partial charge in [-0.1, -0.05) is 27.6 Å². The highest BCUT2D eigenvalue weighted by atomic mass is 31.1. The predicted molar refractivity (Wildman–Crippen MR) is 132 cm³/mol. The summed E-state index contributed by atoms with van der Waals surface area (Å²) in [7, 11) is -3.47. The molecule has 38 heavy (non-hydrogen) atoms. The van der Waals surface area contributed by atoms with Crippen molar-refractivity contribution in [3.8, 4) is 5.75 Å². The molecule has 1 aliphatic heterocycles. The first-order valence-electron chi connectivity index (χ1n) is 11.3. The van der Waals surface area contributed by atoms with E-state index in [-0.39, 0.29) is 18.2 Å². The quantitative estimate of drug-likeness (QED) is 0.0886. The molecule has 0 saturated carbocycles. The minimum absolute atomic E-state index is 0.0575. The topological polar surface area (TPSA) is 224 Å². The summed E-state index contributed by atoms with van der Waals surface area (Å²) >= 11 is 0. The third-order valence-corrected chi connectivity index (χ3v) is 6.76. The van der Waals surface area contributed by atoms with Crippen molar-refractivity contribution in [2.45, 2.75) is 51.0 Å². The Balaban J connectivity index is 1.85. The van der Waals surface area contributed by atoms with Gasteiger partial charge in [-0.2, -0.15) is 4.98 Å². The molecule has 6 atom stereocenters. The number of nitrogen functional groups attached to an aromatic ring is 1. The lowest BCUT2D eigenvalue weighted by atomic mass is 10.1. The number of anilines is 1. The summed E-state index contributed by atoms with van der Waals surface area (Å²) in [6.45, 7) is 4.03. The summed E-state index contributed by atoms with van der Waals surface area (Å²) in [5.74, 6) is -0.609. The zero-order valence-electron chi connectivity index (χ0n) is 20.7. The van der Waals surface area contributed by atoms with Crippen LogP contribution in [-0.2, 0) is 23.4 Å². The molecule has 2 aromatic rings. The van der Waals surface area contributed by atoms with Gasteiger partial charge < -0.3 is 34.8 Å². The first-order chi connectivity index (χ1) is 18.0. The van der Waals surface area contributed by atoms with E-state index in [9.17, 15) is 24.4 Å². The fourth-order valence-corrected chi connectivity index (χ4v) is 4.55. The number of azide groups is 1. The van der Waals surface area contributed by atoms with Crippen molar-refractivity contribution in [2.24, 2.45) is 5.11 Å². The number of esters is 1. The lowest BCUT2D eigenvalue weighted by molar-refractivity contribution is -0.155. The lowest BCUT2D eigenvalue weighted by Gasteiger charge is -2.29. The number of nitrogens with two attached hydrogens (primary N) is 1. The van der Waals surface area contributed by atoms with Crippen LogP contribution in [0.25, 0.3) is 10.4 Å². The molecule has 3 rings (SSSR count). The molecule has 206 valence electrons. The van der Waals surface area contributed by atoms with Crippen LogP contribution in [0.5, 0.6) is 5.75 Å². The molecule has 2 unspecified atom stereocenters. The van der Waals surface area contributed by atoms with Crippen LogP contribution in [-0.4, -0.2) is 67.8 Å². The fraction of sp³-hybridized carbons (Fsp3) is 0.476. The maximum absolute atomic E-state index is 13.2. The highest BCUT2D eigenvalue weighted by Gasteiger charge is 2.56. The lowest BCUT2D eigenvalue weighted by Crippen LogP contribution is -2.45. The van der Waals surface area contributed by atoms with Crippen LogP contribution >= 0.6 is 8.18 Å². The van der Waals surface area contributed by atoms with Crippen LogP contribution in [0.2, 0.25) is 0 Å². The maximum Gasteiger partial charge on any atom is 0.351 e. The molecule has 2 heterocycles. The van der Waals surface area contributed by atoms with Gasteiger partial charge in [0, 0.05) is 11.1 Å². The van der Waals surface area contributed by atoms with Gasteiger partial charge >= 0.3 is 11.7 Å². The first kappa shape index (κ1) is 29.1. The molecule has 16 nitrogen and oxygen atoms in total. The summed E-state index contributed by atoms with van der Waals surface area (Å²) in [6.07, 6.45) is -4.09. The molecular weight excluding hydrogens is 525 g/mol. The second-order valence-corrected chi connectivity index (χ2v) is 9.49.